The number of hydrogen-bond donors (Lipinski definition) is 1. The van der Waals surface area contributed by atoms with Crippen molar-refractivity contribution < 1.29 is 24.0 Å². The van der Waals surface area contributed by atoms with Crippen molar-refractivity contribution in [1.82, 2.24) is 10.1 Å². The van der Waals surface area contributed by atoms with Crippen LogP contribution in [0.15, 0.2) is 15.7 Å². The number of carbonyl (C=O) groups is 2. The van der Waals surface area contributed by atoms with Crippen LogP contribution in [0.5, 0.6) is 0 Å². The maximum atomic E-state index is 13.6. The van der Waals surface area contributed by atoms with E-state index in [4.69, 9.17) is 14.2 Å². The number of fused-ring (bicyclic) bond motifs is 3. The first-order valence-corrected chi connectivity index (χ1v) is 12.7. The highest BCUT2D eigenvalue weighted by atomic mass is 32.1. The maximum absolute atomic E-state index is 13.6. The Morgan fingerprint density at radius 1 is 1.06 bits per heavy atom. The molecule has 2 fully saturated rings. The molecule has 7 nitrogen and oxygen atoms in total. The number of carboxylic acids is 1. The van der Waals surface area contributed by atoms with Gasteiger partial charge in [0.25, 0.3) is 5.89 Å². The molecule has 174 valence electrons. The van der Waals surface area contributed by atoms with E-state index in [1.54, 1.807) is 11.3 Å². The van der Waals surface area contributed by atoms with Gasteiger partial charge in [-0.05, 0) is 69.8 Å². The van der Waals surface area contributed by atoms with Gasteiger partial charge in [0.15, 0.2) is 11.6 Å². The molecular formula is C25H28N2O5S. The molecule has 0 aromatic carbocycles. The number of ether oxygens (including phenoxy) is 1. The number of hydrogen-bond acceptors (Lipinski definition) is 7. The Kier molecular flexibility index (Phi) is 4.89. The Hall–Kier alpha value is -2.32. The molecule has 2 bridgehead atoms. The normalized spacial score (nSPS) is 25.9. The van der Waals surface area contributed by atoms with Gasteiger partial charge in [0, 0.05) is 39.7 Å². The zero-order valence-corrected chi connectivity index (χ0v) is 19.8. The van der Waals surface area contributed by atoms with E-state index in [9.17, 15) is 14.7 Å². The number of rotatable bonds is 6. The number of carbonyl (C=O) groups excluding carboxylic acids is 1. The average molecular weight is 469 g/mol. The molecule has 0 radical (unpaired) electrons. The number of Topliss-reactive ketones (excluding diaryl/α,β-unsaturated/α-hetero) is 1. The van der Waals surface area contributed by atoms with Crippen LogP contribution in [0.3, 0.4) is 0 Å². The molecule has 1 aliphatic heterocycles. The summed E-state index contributed by atoms with van der Waals surface area (Å²) in [5, 5.41) is 14.1. The van der Waals surface area contributed by atoms with Crippen LogP contribution in [0, 0.1) is 11.8 Å². The Bertz CT molecular complexity index is 1180. The van der Waals surface area contributed by atoms with Crippen LogP contribution in [0.4, 0.5) is 0 Å². The highest BCUT2D eigenvalue weighted by molar-refractivity contribution is 7.12. The second-order valence-corrected chi connectivity index (χ2v) is 11.7. The number of allylic oxidation sites excluding steroid dienone is 1. The maximum Gasteiger partial charge on any atom is 0.332 e. The van der Waals surface area contributed by atoms with Crippen LogP contribution < -0.4 is 0 Å². The minimum Gasteiger partial charge on any atom is -0.478 e. The summed E-state index contributed by atoms with van der Waals surface area (Å²) in [6.45, 7) is 4.62. The van der Waals surface area contributed by atoms with Crippen molar-refractivity contribution in [2.45, 2.75) is 83.3 Å². The smallest absolute Gasteiger partial charge is 0.332 e. The van der Waals surface area contributed by atoms with Crippen LogP contribution >= 0.6 is 11.3 Å². The highest BCUT2D eigenvalue weighted by Gasteiger charge is 2.42. The molecule has 0 spiro atoms. The molecule has 0 amide bonds. The second kappa shape index (κ2) is 7.60. The van der Waals surface area contributed by atoms with Gasteiger partial charge in [0.2, 0.25) is 0 Å². The van der Waals surface area contributed by atoms with Crippen LogP contribution in [0.1, 0.15) is 79.4 Å². The van der Waals surface area contributed by atoms with Gasteiger partial charge in [0.1, 0.15) is 0 Å². The van der Waals surface area contributed by atoms with Crippen LogP contribution in [0.2, 0.25) is 0 Å². The van der Waals surface area contributed by atoms with Gasteiger partial charge < -0.3 is 14.4 Å². The van der Waals surface area contributed by atoms with Crippen molar-refractivity contribution in [2.75, 3.05) is 0 Å². The average Bonchev–Trinajstić information content (AvgIpc) is 3.43. The number of ketones is 1. The Morgan fingerprint density at radius 2 is 1.73 bits per heavy atom. The molecule has 2 aromatic heterocycles. The number of aromatic nitrogens is 2. The zero-order valence-electron chi connectivity index (χ0n) is 19.0. The summed E-state index contributed by atoms with van der Waals surface area (Å²) in [6.07, 6.45) is 6.61. The zero-order chi connectivity index (χ0) is 22.9. The van der Waals surface area contributed by atoms with Gasteiger partial charge in [0.05, 0.1) is 17.8 Å². The van der Waals surface area contributed by atoms with Crippen molar-refractivity contribution in [2.24, 2.45) is 11.8 Å². The molecule has 0 saturated heterocycles. The Morgan fingerprint density at radius 3 is 2.39 bits per heavy atom. The van der Waals surface area contributed by atoms with Crippen LogP contribution in [0.25, 0.3) is 11.5 Å². The predicted octanol–water partition coefficient (Wildman–Crippen LogP) is 4.84. The molecule has 33 heavy (non-hydrogen) atoms. The summed E-state index contributed by atoms with van der Waals surface area (Å²) in [5.41, 5.74) is 2.61. The largest absolute Gasteiger partial charge is 0.478 e. The number of aliphatic carboxylic acids is 1. The molecule has 2 saturated carbocycles. The highest BCUT2D eigenvalue weighted by Crippen LogP contribution is 2.48. The lowest BCUT2D eigenvalue weighted by Crippen LogP contribution is -2.34. The summed E-state index contributed by atoms with van der Waals surface area (Å²) in [7, 11) is 0. The summed E-state index contributed by atoms with van der Waals surface area (Å²) in [4.78, 5) is 32.3. The van der Waals surface area contributed by atoms with E-state index in [1.807, 2.05) is 0 Å². The van der Waals surface area contributed by atoms with Crippen molar-refractivity contribution in [3.8, 4) is 11.5 Å². The first-order valence-electron chi connectivity index (χ1n) is 11.9. The van der Waals surface area contributed by atoms with E-state index in [2.05, 4.69) is 19.0 Å². The lowest BCUT2D eigenvalue weighted by atomic mass is 9.65. The third kappa shape index (κ3) is 3.67. The van der Waals surface area contributed by atoms with Gasteiger partial charge >= 0.3 is 5.97 Å². The van der Waals surface area contributed by atoms with Crippen LogP contribution in [-0.4, -0.2) is 32.6 Å². The molecular weight excluding hydrogens is 440 g/mol. The summed E-state index contributed by atoms with van der Waals surface area (Å²) < 4.78 is 11.7. The van der Waals surface area contributed by atoms with Crippen molar-refractivity contribution in [3.05, 3.63) is 32.3 Å². The van der Waals surface area contributed by atoms with E-state index >= 15 is 0 Å². The molecule has 5 aliphatic rings. The van der Waals surface area contributed by atoms with Gasteiger partial charge in [-0.1, -0.05) is 5.16 Å². The van der Waals surface area contributed by atoms with E-state index in [0.29, 0.717) is 36.0 Å². The van der Waals surface area contributed by atoms with Gasteiger partial charge in [-0.15, -0.1) is 11.3 Å². The number of thiophene rings is 1. The molecule has 0 unspecified atom stereocenters. The van der Waals surface area contributed by atoms with Crippen LogP contribution in [-0.2, 0) is 33.8 Å². The summed E-state index contributed by atoms with van der Waals surface area (Å²) >= 11 is 1.57. The third-order valence-electron chi connectivity index (χ3n) is 7.64. The lowest BCUT2D eigenvalue weighted by Gasteiger charge is -2.38. The fourth-order valence-electron chi connectivity index (χ4n) is 5.85. The Balaban J connectivity index is 1.41. The van der Waals surface area contributed by atoms with E-state index in [-0.39, 0.29) is 29.6 Å². The molecule has 1 N–H and O–H groups in total. The minimum absolute atomic E-state index is 0.00806. The fraction of sp³-hybridized carbons (Fsp3) is 0.600. The predicted molar refractivity (Wildman–Crippen MR) is 121 cm³/mol. The summed E-state index contributed by atoms with van der Waals surface area (Å²) in [6, 6.07) is 0. The first-order chi connectivity index (χ1) is 15.8. The van der Waals surface area contributed by atoms with Gasteiger partial charge in [-0.3, -0.25) is 4.79 Å². The van der Waals surface area contributed by atoms with Gasteiger partial charge in [-0.25, -0.2) is 4.79 Å². The third-order valence-corrected chi connectivity index (χ3v) is 8.85. The van der Waals surface area contributed by atoms with Crippen molar-refractivity contribution >= 4 is 23.1 Å². The van der Waals surface area contributed by atoms with E-state index in [0.717, 1.165) is 65.2 Å². The number of carboxylic acid groups (broad SMARTS) is 1. The molecule has 0 atom stereocenters. The van der Waals surface area contributed by atoms with E-state index in [1.165, 1.54) is 0 Å². The molecule has 2 aromatic rings. The molecule has 7 rings (SSSR count). The summed E-state index contributed by atoms with van der Waals surface area (Å²) in [5.74, 6) is 0.681. The SMILES string of the molecule is CC1(C)Cc2c(sc(CC(=O)C3=C(C(=O)O)C4CCC3CC4)c2-c2nc(C3CC3)no2)CO1. The molecule has 4 aliphatic carbocycles. The number of nitrogens with zero attached hydrogens (tertiary/aromatic N) is 2. The fourth-order valence-corrected chi connectivity index (χ4v) is 7.07. The second-order valence-electron chi connectivity index (χ2n) is 10.5. The quantitative estimate of drug-likeness (QED) is 0.647. The van der Waals surface area contributed by atoms with Gasteiger partial charge in [-0.2, -0.15) is 4.98 Å². The molecule has 3 heterocycles. The topological polar surface area (TPSA) is 103 Å². The standard InChI is InChI=1S/C25H28N2O5S/c1-25(2)10-15-18(11-31-25)33-17(21(15)23-26-22(27-32-23)14-7-8-14)9-16(28)19-12-3-5-13(6-4-12)20(19)24(29)30/h12-14H,3-11H2,1-2H3,(H,29,30). The Labute approximate surface area is 196 Å². The van der Waals surface area contributed by atoms with Crippen molar-refractivity contribution in [1.29, 1.82) is 0 Å². The molecule has 8 heteroatoms. The lowest BCUT2D eigenvalue weighted by molar-refractivity contribution is -0.134. The minimum atomic E-state index is -0.931. The van der Waals surface area contributed by atoms with E-state index < -0.39 is 5.97 Å². The van der Waals surface area contributed by atoms with Crippen molar-refractivity contribution in [3.63, 3.8) is 0 Å². The first kappa shape index (κ1) is 21.2. The monoisotopic (exact) mass is 468 g/mol.